The molecule has 0 spiro atoms. The molecule has 0 unspecified atom stereocenters. The number of carbonyl (C=O) groups excluding carboxylic acids is 1. The second-order valence-electron chi connectivity index (χ2n) is 8.03. The highest BCUT2D eigenvalue weighted by Gasteiger charge is 2.19. The van der Waals surface area contributed by atoms with Crippen LogP contribution in [-0.4, -0.2) is 24.1 Å². The topological polar surface area (TPSA) is 57.5 Å². The van der Waals surface area contributed by atoms with Crippen LogP contribution in [0.2, 0.25) is 15.1 Å². The molecular weight excluding hydrogens is 501 g/mol. The Morgan fingerprint density at radius 3 is 2.48 bits per heavy atom. The van der Waals surface area contributed by atoms with Crippen molar-refractivity contribution in [2.75, 3.05) is 23.3 Å². The first-order valence-electron chi connectivity index (χ1n) is 10.5. The number of thiocarbonyl (C=S) groups is 1. The Labute approximate surface area is 213 Å². The molecule has 1 amide bonds. The molecule has 2 aromatic carbocycles. The van der Waals surface area contributed by atoms with E-state index < -0.39 is 5.91 Å². The summed E-state index contributed by atoms with van der Waals surface area (Å²) in [5.74, 6) is 0.826. The van der Waals surface area contributed by atoms with Gasteiger partial charge in [0.05, 0.1) is 15.7 Å². The maximum atomic E-state index is 12.6. The van der Waals surface area contributed by atoms with Crippen LogP contribution in [-0.2, 0) is 0 Å². The highest BCUT2D eigenvalue weighted by atomic mass is 35.5. The van der Waals surface area contributed by atoms with Gasteiger partial charge in [-0.1, -0.05) is 41.7 Å². The van der Waals surface area contributed by atoms with E-state index in [9.17, 15) is 4.79 Å². The van der Waals surface area contributed by atoms with Crippen LogP contribution in [0.3, 0.4) is 0 Å². The van der Waals surface area contributed by atoms with Crippen LogP contribution in [0.5, 0.6) is 0 Å². The van der Waals surface area contributed by atoms with Gasteiger partial charge in [-0.15, -0.1) is 0 Å². The second kappa shape index (κ2) is 10.3. The number of piperidine rings is 1. The van der Waals surface area contributed by atoms with Gasteiger partial charge in [0, 0.05) is 29.4 Å². The molecule has 0 radical (unpaired) electrons. The summed E-state index contributed by atoms with van der Waals surface area (Å²) < 4.78 is 5.66. The molecule has 9 heteroatoms. The van der Waals surface area contributed by atoms with Crippen molar-refractivity contribution < 1.29 is 9.21 Å². The Kier molecular flexibility index (Phi) is 7.49. The Morgan fingerprint density at radius 2 is 1.79 bits per heavy atom. The zero-order chi connectivity index (χ0) is 23.5. The minimum absolute atomic E-state index is 0.105. The van der Waals surface area contributed by atoms with E-state index in [0.29, 0.717) is 32.1 Å². The fourth-order valence-corrected chi connectivity index (χ4v) is 4.72. The number of nitrogens with zero attached hydrogens (tertiary/aromatic N) is 1. The van der Waals surface area contributed by atoms with Gasteiger partial charge in [-0.2, -0.15) is 0 Å². The molecule has 3 aromatic rings. The van der Waals surface area contributed by atoms with Gasteiger partial charge in [0.2, 0.25) is 0 Å². The van der Waals surface area contributed by atoms with Gasteiger partial charge in [-0.3, -0.25) is 10.1 Å². The zero-order valence-electron chi connectivity index (χ0n) is 17.8. The molecule has 2 N–H and O–H groups in total. The molecule has 33 heavy (non-hydrogen) atoms. The SMILES string of the molecule is CC1CCN(c2ccc(NC(=S)NC(=O)c3ccc(-c4ccc(Cl)cc4Cl)o3)cc2Cl)CC1. The summed E-state index contributed by atoms with van der Waals surface area (Å²) in [5, 5.41) is 7.33. The summed E-state index contributed by atoms with van der Waals surface area (Å²) in [6.45, 7) is 4.26. The maximum absolute atomic E-state index is 12.6. The van der Waals surface area contributed by atoms with Crippen LogP contribution < -0.4 is 15.5 Å². The molecule has 0 atom stereocenters. The molecule has 1 saturated heterocycles. The molecule has 0 saturated carbocycles. The Hall–Kier alpha value is -2.25. The van der Waals surface area contributed by atoms with Gasteiger partial charge < -0.3 is 14.6 Å². The number of hydrogen-bond acceptors (Lipinski definition) is 4. The Morgan fingerprint density at radius 1 is 1.03 bits per heavy atom. The van der Waals surface area contributed by atoms with Gasteiger partial charge in [0.15, 0.2) is 10.9 Å². The number of nitrogens with one attached hydrogen (secondary N) is 2. The predicted molar refractivity (Wildman–Crippen MR) is 140 cm³/mol. The normalized spacial score (nSPS) is 14.2. The highest BCUT2D eigenvalue weighted by Crippen LogP contribution is 2.33. The molecule has 1 aliphatic heterocycles. The second-order valence-corrected chi connectivity index (χ2v) is 9.69. The number of amides is 1. The van der Waals surface area contributed by atoms with E-state index in [1.807, 2.05) is 12.1 Å². The highest BCUT2D eigenvalue weighted by molar-refractivity contribution is 7.80. The van der Waals surface area contributed by atoms with E-state index >= 15 is 0 Å². The van der Waals surface area contributed by atoms with Crippen LogP contribution in [0, 0.1) is 5.92 Å². The van der Waals surface area contributed by atoms with Crippen LogP contribution in [0.15, 0.2) is 52.9 Å². The van der Waals surface area contributed by atoms with Crippen LogP contribution in [0.1, 0.15) is 30.3 Å². The van der Waals surface area contributed by atoms with E-state index in [0.717, 1.165) is 37.5 Å². The van der Waals surface area contributed by atoms with Gasteiger partial charge in [0.25, 0.3) is 5.91 Å². The average molecular weight is 523 g/mol. The number of halogens is 3. The summed E-state index contributed by atoms with van der Waals surface area (Å²) in [7, 11) is 0. The molecule has 2 heterocycles. The Bertz CT molecular complexity index is 1190. The monoisotopic (exact) mass is 521 g/mol. The Balaban J connectivity index is 1.37. The van der Waals surface area contributed by atoms with Gasteiger partial charge in [0.1, 0.15) is 5.76 Å². The van der Waals surface area contributed by atoms with Crippen molar-refractivity contribution in [2.24, 2.45) is 5.92 Å². The fraction of sp³-hybridized carbons (Fsp3) is 0.250. The van der Waals surface area contributed by atoms with Crippen LogP contribution >= 0.6 is 47.0 Å². The standard InChI is InChI=1S/C24H22Cl3N3O2S/c1-14-8-10-30(11-9-14)20-5-3-16(13-19(20)27)28-24(33)29-23(31)22-7-6-21(32-22)17-4-2-15(25)12-18(17)26/h2-7,12-14H,8-11H2,1H3,(H2,28,29,31,33). The third-order valence-corrected chi connectivity index (χ3v) is 6.64. The van der Waals surface area contributed by atoms with E-state index in [1.165, 1.54) is 0 Å². The lowest BCUT2D eigenvalue weighted by Gasteiger charge is -2.32. The van der Waals surface area contributed by atoms with E-state index in [1.54, 1.807) is 36.4 Å². The lowest BCUT2D eigenvalue weighted by atomic mass is 9.99. The molecule has 1 aliphatic rings. The van der Waals surface area contributed by atoms with Crippen molar-refractivity contribution in [2.45, 2.75) is 19.8 Å². The number of furan rings is 1. The summed E-state index contributed by atoms with van der Waals surface area (Å²) >= 11 is 24.0. The van der Waals surface area contributed by atoms with Crippen LogP contribution in [0.4, 0.5) is 11.4 Å². The van der Waals surface area contributed by atoms with E-state index in [2.05, 4.69) is 22.5 Å². The van der Waals surface area contributed by atoms with Crippen molar-refractivity contribution >= 4 is 69.4 Å². The lowest BCUT2D eigenvalue weighted by Crippen LogP contribution is -2.34. The molecule has 172 valence electrons. The van der Waals surface area contributed by atoms with Crippen molar-refractivity contribution in [3.63, 3.8) is 0 Å². The number of anilines is 2. The average Bonchev–Trinajstić information content (AvgIpc) is 3.25. The quantitative estimate of drug-likeness (QED) is 0.353. The number of carbonyl (C=O) groups is 1. The van der Waals surface area contributed by atoms with Gasteiger partial charge >= 0.3 is 0 Å². The number of rotatable bonds is 4. The molecular formula is C24H22Cl3N3O2S. The summed E-state index contributed by atoms with van der Waals surface area (Å²) in [5.41, 5.74) is 2.33. The maximum Gasteiger partial charge on any atom is 0.293 e. The van der Waals surface area contributed by atoms with Crippen molar-refractivity contribution in [1.82, 2.24) is 5.32 Å². The van der Waals surface area contributed by atoms with Crippen molar-refractivity contribution in [3.8, 4) is 11.3 Å². The number of hydrogen-bond donors (Lipinski definition) is 2. The molecule has 1 fully saturated rings. The first-order chi connectivity index (χ1) is 15.8. The smallest absolute Gasteiger partial charge is 0.293 e. The zero-order valence-corrected chi connectivity index (χ0v) is 20.9. The summed E-state index contributed by atoms with van der Waals surface area (Å²) in [4.78, 5) is 14.9. The summed E-state index contributed by atoms with van der Waals surface area (Å²) in [6, 6.07) is 13.9. The third kappa shape index (κ3) is 5.82. The molecule has 0 aliphatic carbocycles. The van der Waals surface area contributed by atoms with E-state index in [-0.39, 0.29) is 10.9 Å². The van der Waals surface area contributed by atoms with E-state index in [4.69, 9.17) is 51.4 Å². The molecule has 1 aromatic heterocycles. The third-order valence-electron chi connectivity index (χ3n) is 5.58. The minimum atomic E-state index is -0.478. The predicted octanol–water partition coefficient (Wildman–Crippen LogP) is 7.27. The minimum Gasteiger partial charge on any atom is -0.451 e. The van der Waals surface area contributed by atoms with Gasteiger partial charge in [-0.05, 0) is 79.5 Å². The first kappa shape index (κ1) is 23.9. The first-order valence-corrected chi connectivity index (χ1v) is 12.1. The fourth-order valence-electron chi connectivity index (χ4n) is 3.71. The van der Waals surface area contributed by atoms with Crippen molar-refractivity contribution in [1.29, 1.82) is 0 Å². The molecule has 5 nitrogen and oxygen atoms in total. The molecule has 4 rings (SSSR count). The summed E-state index contributed by atoms with van der Waals surface area (Å²) in [6.07, 6.45) is 2.32. The van der Waals surface area contributed by atoms with Gasteiger partial charge in [-0.25, -0.2) is 0 Å². The molecule has 0 bridgehead atoms. The van der Waals surface area contributed by atoms with Crippen molar-refractivity contribution in [3.05, 3.63) is 69.4 Å². The number of benzene rings is 2. The largest absolute Gasteiger partial charge is 0.451 e. The lowest BCUT2D eigenvalue weighted by molar-refractivity contribution is 0.0951. The van der Waals surface area contributed by atoms with Crippen LogP contribution in [0.25, 0.3) is 11.3 Å².